The van der Waals surface area contributed by atoms with E-state index >= 15 is 0 Å². The van der Waals surface area contributed by atoms with Crippen LogP contribution >= 0.6 is 0 Å². The van der Waals surface area contributed by atoms with Gasteiger partial charge in [-0.05, 0) is 54.2 Å². The fraction of sp³-hybridized carbons (Fsp3) is 0.308. The predicted octanol–water partition coefficient (Wildman–Crippen LogP) is 4.89. The molecule has 1 atom stereocenters. The first-order valence-corrected chi connectivity index (χ1v) is 10.5. The Kier molecular flexibility index (Phi) is 6.38. The SMILES string of the molecule is Cc1cccc(CNCCN2Cc3ccccc3CC2Cc2ccc(F)cc2)c1. The Balaban J connectivity index is 1.39. The molecule has 29 heavy (non-hydrogen) atoms. The highest BCUT2D eigenvalue weighted by molar-refractivity contribution is 5.31. The van der Waals surface area contributed by atoms with Gasteiger partial charge in [-0.25, -0.2) is 4.39 Å². The van der Waals surface area contributed by atoms with Gasteiger partial charge in [-0.2, -0.15) is 0 Å². The van der Waals surface area contributed by atoms with Crippen molar-refractivity contribution in [3.05, 3.63) is 106 Å². The molecule has 1 unspecified atom stereocenters. The smallest absolute Gasteiger partial charge is 0.123 e. The first-order chi connectivity index (χ1) is 14.2. The van der Waals surface area contributed by atoms with Gasteiger partial charge in [0.2, 0.25) is 0 Å². The highest BCUT2D eigenvalue weighted by atomic mass is 19.1. The molecule has 0 bridgehead atoms. The van der Waals surface area contributed by atoms with Crippen LogP contribution in [0.25, 0.3) is 0 Å². The van der Waals surface area contributed by atoms with Crippen LogP contribution < -0.4 is 5.32 Å². The summed E-state index contributed by atoms with van der Waals surface area (Å²) in [7, 11) is 0. The first-order valence-electron chi connectivity index (χ1n) is 10.5. The van der Waals surface area contributed by atoms with E-state index in [1.807, 2.05) is 12.1 Å². The Hall–Kier alpha value is -2.49. The third-order valence-corrected chi connectivity index (χ3v) is 5.84. The average molecular weight is 389 g/mol. The minimum atomic E-state index is -0.167. The molecule has 1 N–H and O–H groups in total. The lowest BCUT2D eigenvalue weighted by Gasteiger charge is -2.37. The average Bonchev–Trinajstić information content (AvgIpc) is 2.73. The summed E-state index contributed by atoms with van der Waals surface area (Å²) in [6.07, 6.45) is 2.00. The van der Waals surface area contributed by atoms with E-state index in [0.717, 1.165) is 39.0 Å². The van der Waals surface area contributed by atoms with Gasteiger partial charge in [-0.1, -0.05) is 66.2 Å². The summed E-state index contributed by atoms with van der Waals surface area (Å²) < 4.78 is 13.3. The largest absolute Gasteiger partial charge is 0.311 e. The number of nitrogens with zero attached hydrogens (tertiary/aromatic N) is 1. The van der Waals surface area contributed by atoms with Gasteiger partial charge in [-0.3, -0.25) is 4.90 Å². The third-order valence-electron chi connectivity index (χ3n) is 5.84. The van der Waals surface area contributed by atoms with Crippen LogP contribution in [0, 0.1) is 12.7 Å². The van der Waals surface area contributed by atoms with Crippen molar-refractivity contribution in [2.75, 3.05) is 13.1 Å². The molecule has 1 aliphatic rings. The van der Waals surface area contributed by atoms with Gasteiger partial charge in [0.25, 0.3) is 0 Å². The Morgan fingerprint density at radius 1 is 0.931 bits per heavy atom. The minimum absolute atomic E-state index is 0.167. The zero-order valence-electron chi connectivity index (χ0n) is 17.1. The van der Waals surface area contributed by atoms with Crippen molar-refractivity contribution in [2.45, 2.75) is 38.9 Å². The summed E-state index contributed by atoms with van der Waals surface area (Å²) in [5.41, 5.74) is 6.71. The molecule has 0 aliphatic carbocycles. The second-order valence-corrected chi connectivity index (χ2v) is 8.09. The van der Waals surface area contributed by atoms with Crippen molar-refractivity contribution in [1.29, 1.82) is 0 Å². The standard InChI is InChI=1S/C26H29FN2/c1-20-5-4-6-22(15-20)18-28-13-14-29-19-24-8-3-2-7-23(24)17-26(29)16-21-9-11-25(27)12-10-21/h2-12,15,26,28H,13-14,16-19H2,1H3. The zero-order chi connectivity index (χ0) is 20.1. The maximum atomic E-state index is 13.3. The van der Waals surface area contributed by atoms with Crippen molar-refractivity contribution in [2.24, 2.45) is 0 Å². The van der Waals surface area contributed by atoms with Crippen LogP contribution in [0.4, 0.5) is 4.39 Å². The van der Waals surface area contributed by atoms with Crippen molar-refractivity contribution in [3.8, 4) is 0 Å². The highest BCUT2D eigenvalue weighted by Gasteiger charge is 2.25. The van der Waals surface area contributed by atoms with E-state index in [4.69, 9.17) is 0 Å². The molecule has 1 aliphatic heterocycles. The van der Waals surface area contributed by atoms with Crippen LogP contribution in [0.5, 0.6) is 0 Å². The quantitative estimate of drug-likeness (QED) is 0.580. The Labute approximate surface area is 173 Å². The molecule has 0 saturated heterocycles. The summed E-state index contributed by atoms with van der Waals surface area (Å²) in [5.74, 6) is -0.167. The van der Waals surface area contributed by atoms with Crippen LogP contribution in [0.1, 0.15) is 27.8 Å². The van der Waals surface area contributed by atoms with Crippen LogP contribution in [0.2, 0.25) is 0 Å². The summed E-state index contributed by atoms with van der Waals surface area (Å²) in [6, 6.07) is 24.8. The maximum Gasteiger partial charge on any atom is 0.123 e. The van der Waals surface area contributed by atoms with E-state index in [0.29, 0.717) is 6.04 Å². The van der Waals surface area contributed by atoms with Gasteiger partial charge in [0.15, 0.2) is 0 Å². The van der Waals surface area contributed by atoms with Crippen LogP contribution in [0.15, 0.2) is 72.8 Å². The van der Waals surface area contributed by atoms with Gasteiger partial charge in [0, 0.05) is 32.2 Å². The molecule has 0 amide bonds. The molecule has 1 heterocycles. The molecule has 0 saturated carbocycles. The molecule has 3 heteroatoms. The first kappa shape index (κ1) is 19.8. The minimum Gasteiger partial charge on any atom is -0.311 e. The van der Waals surface area contributed by atoms with E-state index in [1.165, 1.54) is 27.8 Å². The number of hydrogen-bond donors (Lipinski definition) is 1. The Morgan fingerprint density at radius 2 is 1.72 bits per heavy atom. The van der Waals surface area contributed by atoms with Crippen LogP contribution in [-0.4, -0.2) is 24.0 Å². The molecule has 150 valence electrons. The van der Waals surface area contributed by atoms with E-state index in [2.05, 4.69) is 65.7 Å². The van der Waals surface area contributed by atoms with E-state index in [-0.39, 0.29) is 5.82 Å². The van der Waals surface area contributed by atoms with E-state index in [1.54, 1.807) is 12.1 Å². The summed E-state index contributed by atoms with van der Waals surface area (Å²) >= 11 is 0. The van der Waals surface area contributed by atoms with Gasteiger partial charge < -0.3 is 5.32 Å². The summed E-state index contributed by atoms with van der Waals surface area (Å²) in [4.78, 5) is 2.58. The Bertz CT molecular complexity index is 935. The number of fused-ring (bicyclic) bond motifs is 1. The molecule has 0 spiro atoms. The second kappa shape index (κ2) is 9.34. The molecular formula is C26H29FN2. The molecule has 3 aromatic carbocycles. The van der Waals surface area contributed by atoms with Crippen molar-refractivity contribution >= 4 is 0 Å². The van der Waals surface area contributed by atoms with Crippen molar-refractivity contribution in [1.82, 2.24) is 10.2 Å². The molecule has 0 fully saturated rings. The van der Waals surface area contributed by atoms with Gasteiger partial charge in [0.05, 0.1) is 0 Å². The number of rotatable bonds is 7. The van der Waals surface area contributed by atoms with Crippen molar-refractivity contribution in [3.63, 3.8) is 0 Å². The lowest BCUT2D eigenvalue weighted by Crippen LogP contribution is -2.44. The fourth-order valence-corrected chi connectivity index (χ4v) is 4.27. The zero-order valence-corrected chi connectivity index (χ0v) is 17.1. The van der Waals surface area contributed by atoms with E-state index < -0.39 is 0 Å². The number of nitrogens with one attached hydrogen (secondary N) is 1. The van der Waals surface area contributed by atoms with E-state index in [9.17, 15) is 4.39 Å². The number of hydrogen-bond acceptors (Lipinski definition) is 2. The van der Waals surface area contributed by atoms with Crippen LogP contribution in [-0.2, 0) is 25.9 Å². The van der Waals surface area contributed by atoms with Crippen LogP contribution in [0.3, 0.4) is 0 Å². The topological polar surface area (TPSA) is 15.3 Å². The summed E-state index contributed by atoms with van der Waals surface area (Å²) in [6.45, 7) is 5.97. The molecule has 0 aromatic heterocycles. The summed E-state index contributed by atoms with van der Waals surface area (Å²) in [5, 5.41) is 3.60. The maximum absolute atomic E-state index is 13.3. The monoisotopic (exact) mass is 388 g/mol. The number of halogens is 1. The van der Waals surface area contributed by atoms with Gasteiger partial charge >= 0.3 is 0 Å². The Morgan fingerprint density at radius 3 is 2.52 bits per heavy atom. The van der Waals surface area contributed by atoms with Crippen molar-refractivity contribution < 1.29 is 4.39 Å². The normalized spacial score (nSPS) is 16.6. The molecule has 0 radical (unpaired) electrons. The molecule has 3 aromatic rings. The number of aryl methyl sites for hydroxylation is 1. The van der Waals surface area contributed by atoms with Gasteiger partial charge in [0.1, 0.15) is 5.82 Å². The number of benzene rings is 3. The molecule has 2 nitrogen and oxygen atoms in total. The molecular weight excluding hydrogens is 359 g/mol. The fourth-order valence-electron chi connectivity index (χ4n) is 4.27. The lowest BCUT2D eigenvalue weighted by molar-refractivity contribution is 0.170. The third kappa shape index (κ3) is 5.31. The highest BCUT2D eigenvalue weighted by Crippen LogP contribution is 2.25. The van der Waals surface area contributed by atoms with Gasteiger partial charge in [-0.15, -0.1) is 0 Å². The molecule has 4 rings (SSSR count). The predicted molar refractivity (Wildman–Crippen MR) is 117 cm³/mol. The lowest BCUT2D eigenvalue weighted by atomic mass is 9.90. The second-order valence-electron chi connectivity index (χ2n) is 8.09.